The zero-order valence-electron chi connectivity index (χ0n) is 13.1. The molecule has 0 unspecified atom stereocenters. The molecule has 0 aliphatic heterocycles. The summed E-state index contributed by atoms with van der Waals surface area (Å²) in [7, 11) is -3.85. The van der Waals surface area contributed by atoms with E-state index in [0.29, 0.717) is 5.02 Å². The molecule has 2 aromatic carbocycles. The average Bonchev–Trinajstić information content (AvgIpc) is 2.53. The molecule has 0 aliphatic rings. The van der Waals surface area contributed by atoms with E-state index >= 15 is 0 Å². The summed E-state index contributed by atoms with van der Waals surface area (Å²) in [5.74, 6) is -1.61. The van der Waals surface area contributed by atoms with Gasteiger partial charge in [-0.25, -0.2) is 8.42 Å². The van der Waals surface area contributed by atoms with Crippen molar-refractivity contribution in [2.45, 2.75) is 11.1 Å². The Morgan fingerprint density at radius 1 is 1.04 bits per heavy atom. The first kappa shape index (κ1) is 20.1. The first-order chi connectivity index (χ1) is 12.0. The molecule has 2 aromatic rings. The van der Waals surface area contributed by atoms with Crippen molar-refractivity contribution < 1.29 is 31.1 Å². The average molecular weight is 408 g/mol. The van der Waals surface area contributed by atoms with Gasteiger partial charge in [0, 0.05) is 10.7 Å². The highest BCUT2D eigenvalue weighted by Gasteiger charge is 2.28. The number of ether oxygens (including phenoxy) is 1. The normalized spacial score (nSPS) is 11.8. The lowest BCUT2D eigenvalue weighted by molar-refractivity contribution is -0.153. The van der Waals surface area contributed by atoms with Crippen LogP contribution >= 0.6 is 11.6 Å². The van der Waals surface area contributed by atoms with E-state index in [2.05, 4.69) is 10.1 Å². The Bertz CT molecular complexity index is 866. The molecule has 0 atom stereocenters. The molecule has 10 heteroatoms. The van der Waals surface area contributed by atoms with Crippen LogP contribution in [0.25, 0.3) is 0 Å². The van der Waals surface area contributed by atoms with Crippen LogP contribution in [0, 0.1) is 0 Å². The summed E-state index contributed by atoms with van der Waals surface area (Å²) in [6.45, 7) is -1.43. The fourth-order valence-corrected chi connectivity index (χ4v) is 3.16. The van der Waals surface area contributed by atoms with Crippen molar-refractivity contribution >= 4 is 33.0 Å². The molecular formula is C16H13ClF3NO4S. The monoisotopic (exact) mass is 407 g/mol. The van der Waals surface area contributed by atoms with Crippen LogP contribution in [0.15, 0.2) is 53.4 Å². The van der Waals surface area contributed by atoms with Gasteiger partial charge in [-0.15, -0.1) is 0 Å². The Morgan fingerprint density at radius 2 is 1.62 bits per heavy atom. The number of carbonyl (C=O) groups excluding carboxylic acids is 1. The molecule has 0 bridgehead atoms. The summed E-state index contributed by atoms with van der Waals surface area (Å²) in [6.07, 6.45) is -4.46. The number of alkyl halides is 3. The Morgan fingerprint density at radius 3 is 2.15 bits per heavy atom. The van der Waals surface area contributed by atoms with Gasteiger partial charge in [0.25, 0.3) is 0 Å². The van der Waals surface area contributed by atoms with E-state index in [4.69, 9.17) is 11.6 Å². The SMILES string of the molecule is O=C(CS(=O)(=O)c1ccc(Cl)cc1)Nc1ccc(OCC(F)(F)F)cc1. The topological polar surface area (TPSA) is 72.5 Å². The predicted molar refractivity (Wildman–Crippen MR) is 90.1 cm³/mol. The maximum Gasteiger partial charge on any atom is 0.422 e. The van der Waals surface area contributed by atoms with Gasteiger partial charge in [0.1, 0.15) is 11.5 Å². The lowest BCUT2D eigenvalue weighted by Gasteiger charge is -2.10. The lowest BCUT2D eigenvalue weighted by Crippen LogP contribution is -2.23. The van der Waals surface area contributed by atoms with E-state index in [9.17, 15) is 26.4 Å². The molecule has 0 fully saturated rings. The van der Waals surface area contributed by atoms with Crippen molar-refractivity contribution in [3.05, 3.63) is 53.6 Å². The third-order valence-corrected chi connectivity index (χ3v) is 4.92. The molecule has 26 heavy (non-hydrogen) atoms. The van der Waals surface area contributed by atoms with Gasteiger partial charge in [-0.05, 0) is 48.5 Å². The number of hydrogen-bond acceptors (Lipinski definition) is 4. The molecule has 2 rings (SSSR count). The van der Waals surface area contributed by atoms with Crippen molar-refractivity contribution in [2.75, 3.05) is 17.7 Å². The number of halogens is 4. The zero-order chi connectivity index (χ0) is 19.4. The van der Waals surface area contributed by atoms with Crippen LogP contribution in [0.3, 0.4) is 0 Å². The van der Waals surface area contributed by atoms with Crippen LogP contribution in [0.4, 0.5) is 18.9 Å². The van der Waals surface area contributed by atoms with E-state index in [-0.39, 0.29) is 16.3 Å². The van der Waals surface area contributed by atoms with E-state index in [1.54, 1.807) is 0 Å². The molecule has 0 saturated carbocycles. The van der Waals surface area contributed by atoms with Crippen LogP contribution in [0.2, 0.25) is 5.02 Å². The number of hydrogen-bond donors (Lipinski definition) is 1. The molecule has 140 valence electrons. The Labute approximate surface area is 152 Å². The van der Waals surface area contributed by atoms with Crippen molar-refractivity contribution in [2.24, 2.45) is 0 Å². The van der Waals surface area contributed by atoms with E-state index < -0.39 is 34.3 Å². The number of rotatable bonds is 6. The summed E-state index contributed by atoms with van der Waals surface area (Å²) < 4.78 is 65.0. The van der Waals surface area contributed by atoms with Gasteiger partial charge < -0.3 is 10.1 Å². The van der Waals surface area contributed by atoms with Crippen molar-refractivity contribution in [3.63, 3.8) is 0 Å². The van der Waals surface area contributed by atoms with Gasteiger partial charge in [-0.1, -0.05) is 11.6 Å². The van der Waals surface area contributed by atoms with Gasteiger partial charge in [0.15, 0.2) is 16.4 Å². The second-order valence-electron chi connectivity index (χ2n) is 5.19. The summed E-state index contributed by atoms with van der Waals surface area (Å²) >= 11 is 5.69. The van der Waals surface area contributed by atoms with E-state index in [1.165, 1.54) is 48.5 Å². The number of benzene rings is 2. The highest BCUT2D eigenvalue weighted by atomic mass is 35.5. The van der Waals surface area contributed by atoms with Gasteiger partial charge in [-0.3, -0.25) is 4.79 Å². The highest BCUT2D eigenvalue weighted by Crippen LogP contribution is 2.21. The molecule has 0 saturated heterocycles. The molecule has 0 aromatic heterocycles. The molecule has 0 spiro atoms. The van der Waals surface area contributed by atoms with Gasteiger partial charge in [0.05, 0.1) is 4.90 Å². The van der Waals surface area contributed by atoms with Crippen LogP contribution in [0.1, 0.15) is 0 Å². The summed E-state index contributed by atoms with van der Waals surface area (Å²) in [4.78, 5) is 11.9. The van der Waals surface area contributed by atoms with Crippen LogP contribution < -0.4 is 10.1 Å². The number of carbonyl (C=O) groups is 1. The maximum atomic E-state index is 12.1. The quantitative estimate of drug-likeness (QED) is 0.792. The third kappa shape index (κ3) is 6.23. The Hall–Kier alpha value is -2.26. The second-order valence-corrected chi connectivity index (χ2v) is 7.62. The largest absolute Gasteiger partial charge is 0.484 e. The van der Waals surface area contributed by atoms with Gasteiger partial charge in [0.2, 0.25) is 5.91 Å². The summed E-state index contributed by atoms with van der Waals surface area (Å²) in [6, 6.07) is 10.4. The zero-order valence-corrected chi connectivity index (χ0v) is 14.7. The summed E-state index contributed by atoms with van der Waals surface area (Å²) in [5, 5.41) is 2.72. The maximum absolute atomic E-state index is 12.1. The molecular weight excluding hydrogens is 395 g/mol. The van der Waals surface area contributed by atoms with Crippen LogP contribution in [-0.2, 0) is 14.6 Å². The van der Waals surface area contributed by atoms with Gasteiger partial charge in [-0.2, -0.15) is 13.2 Å². The van der Waals surface area contributed by atoms with Crippen LogP contribution in [0.5, 0.6) is 5.75 Å². The molecule has 0 aliphatic carbocycles. The number of sulfone groups is 1. The first-order valence-corrected chi connectivity index (χ1v) is 9.16. The minimum atomic E-state index is -4.46. The molecule has 0 radical (unpaired) electrons. The number of anilines is 1. The standard InChI is InChI=1S/C16H13ClF3NO4S/c17-11-1-7-14(8-2-11)26(23,24)9-15(22)21-12-3-5-13(6-4-12)25-10-16(18,19)20/h1-8H,9-10H2,(H,21,22). The highest BCUT2D eigenvalue weighted by molar-refractivity contribution is 7.92. The molecule has 5 nitrogen and oxygen atoms in total. The van der Waals surface area contributed by atoms with Crippen LogP contribution in [-0.4, -0.2) is 32.9 Å². The van der Waals surface area contributed by atoms with Crippen molar-refractivity contribution in [1.82, 2.24) is 0 Å². The van der Waals surface area contributed by atoms with E-state index in [1.807, 2.05) is 0 Å². The number of nitrogens with one attached hydrogen (secondary N) is 1. The number of amides is 1. The molecule has 1 N–H and O–H groups in total. The third-order valence-electron chi connectivity index (χ3n) is 3.03. The van der Waals surface area contributed by atoms with Crippen molar-refractivity contribution in [3.8, 4) is 5.75 Å². The van der Waals surface area contributed by atoms with Gasteiger partial charge >= 0.3 is 6.18 Å². The fraction of sp³-hybridized carbons (Fsp3) is 0.188. The predicted octanol–water partition coefficient (Wildman–Crippen LogP) is 3.69. The van der Waals surface area contributed by atoms with Crippen molar-refractivity contribution in [1.29, 1.82) is 0 Å². The minimum absolute atomic E-state index is 0.0332. The fourth-order valence-electron chi connectivity index (χ4n) is 1.89. The summed E-state index contributed by atoms with van der Waals surface area (Å²) in [5.41, 5.74) is 0.223. The molecule has 1 amide bonds. The first-order valence-electron chi connectivity index (χ1n) is 7.13. The minimum Gasteiger partial charge on any atom is -0.484 e. The second kappa shape index (κ2) is 7.96. The molecule has 0 heterocycles. The Kier molecular flexibility index (Phi) is 6.14. The Balaban J connectivity index is 1.96. The smallest absolute Gasteiger partial charge is 0.422 e. The lowest BCUT2D eigenvalue weighted by atomic mass is 10.3. The van der Waals surface area contributed by atoms with E-state index in [0.717, 1.165) is 0 Å².